The fraction of sp³-hybridized carbons (Fsp3) is 0.500. The third-order valence-corrected chi connectivity index (χ3v) is 6.84. The summed E-state index contributed by atoms with van der Waals surface area (Å²) in [5, 5.41) is 0. The van der Waals surface area contributed by atoms with Crippen molar-refractivity contribution in [2.24, 2.45) is 11.7 Å². The monoisotopic (exact) mass is 421 g/mol. The van der Waals surface area contributed by atoms with E-state index in [2.05, 4.69) is 60.9 Å². The summed E-state index contributed by atoms with van der Waals surface area (Å²) in [6.07, 6.45) is 1.95. The van der Waals surface area contributed by atoms with Crippen LogP contribution < -0.4 is 10.5 Å². The van der Waals surface area contributed by atoms with Gasteiger partial charge in [-0.25, -0.2) is 0 Å². The van der Waals surface area contributed by atoms with Gasteiger partial charge in [0, 0.05) is 38.3 Å². The van der Waals surface area contributed by atoms with E-state index in [1.165, 1.54) is 33.4 Å². The van der Waals surface area contributed by atoms with Crippen molar-refractivity contribution < 1.29 is 9.53 Å². The molecular weight excluding hydrogens is 386 g/mol. The van der Waals surface area contributed by atoms with E-state index in [0.29, 0.717) is 6.61 Å². The average molecular weight is 422 g/mol. The van der Waals surface area contributed by atoms with E-state index >= 15 is 0 Å². The van der Waals surface area contributed by atoms with Crippen molar-refractivity contribution in [2.45, 2.75) is 53.2 Å². The quantitative estimate of drug-likeness (QED) is 0.800. The van der Waals surface area contributed by atoms with Crippen molar-refractivity contribution in [1.82, 2.24) is 9.80 Å². The molecule has 0 aliphatic carbocycles. The van der Waals surface area contributed by atoms with E-state index in [1.807, 2.05) is 0 Å². The van der Waals surface area contributed by atoms with Gasteiger partial charge >= 0.3 is 0 Å². The number of amides is 1. The zero-order chi connectivity index (χ0) is 22.0. The number of hydrogen-bond acceptors (Lipinski definition) is 4. The number of hydrogen-bond donors (Lipinski definition) is 1. The second-order valence-corrected chi connectivity index (χ2v) is 9.34. The SMILES string of the molecule is Cc1cc(C)c(CN2CCOc3ccc(CN4CCCC(C(N)=O)C4)cc3C2)cc1C. The third kappa shape index (κ3) is 5.28. The fourth-order valence-electron chi connectivity index (χ4n) is 4.86. The lowest BCUT2D eigenvalue weighted by Gasteiger charge is -2.31. The van der Waals surface area contributed by atoms with Gasteiger partial charge in [-0.2, -0.15) is 0 Å². The number of fused-ring (bicyclic) bond motifs is 1. The second-order valence-electron chi connectivity index (χ2n) is 9.34. The number of primary amides is 1. The van der Waals surface area contributed by atoms with Crippen LogP contribution in [0.5, 0.6) is 5.75 Å². The number of benzene rings is 2. The van der Waals surface area contributed by atoms with Gasteiger partial charge in [-0.15, -0.1) is 0 Å². The van der Waals surface area contributed by atoms with Crippen LogP contribution in [-0.4, -0.2) is 41.9 Å². The molecule has 166 valence electrons. The molecule has 1 amide bonds. The summed E-state index contributed by atoms with van der Waals surface area (Å²) in [7, 11) is 0. The highest BCUT2D eigenvalue weighted by molar-refractivity contribution is 5.76. The first kappa shape index (κ1) is 21.8. The van der Waals surface area contributed by atoms with Crippen molar-refractivity contribution in [3.05, 3.63) is 63.7 Å². The lowest BCUT2D eigenvalue weighted by atomic mass is 9.97. The van der Waals surface area contributed by atoms with Gasteiger partial charge < -0.3 is 10.5 Å². The highest BCUT2D eigenvalue weighted by atomic mass is 16.5. The summed E-state index contributed by atoms with van der Waals surface area (Å²) in [5.74, 6) is 0.809. The van der Waals surface area contributed by atoms with Gasteiger partial charge in [0.2, 0.25) is 5.91 Å². The number of nitrogens with two attached hydrogens (primary N) is 1. The lowest BCUT2D eigenvalue weighted by molar-refractivity contribution is -0.123. The van der Waals surface area contributed by atoms with Crippen LogP contribution in [0.4, 0.5) is 0 Å². The number of piperidine rings is 1. The fourth-order valence-corrected chi connectivity index (χ4v) is 4.86. The summed E-state index contributed by atoms with van der Waals surface area (Å²) in [5.41, 5.74) is 13.5. The first-order valence-corrected chi connectivity index (χ1v) is 11.4. The molecule has 1 atom stereocenters. The number of rotatable bonds is 5. The minimum absolute atomic E-state index is 0.0189. The number of nitrogens with zero attached hydrogens (tertiary/aromatic N) is 2. The molecule has 1 saturated heterocycles. The summed E-state index contributed by atoms with van der Waals surface area (Å²) in [4.78, 5) is 16.4. The molecule has 5 heteroatoms. The molecule has 31 heavy (non-hydrogen) atoms. The first-order chi connectivity index (χ1) is 14.9. The van der Waals surface area contributed by atoms with E-state index in [1.54, 1.807) is 0 Å². The predicted molar refractivity (Wildman–Crippen MR) is 124 cm³/mol. The Kier molecular flexibility index (Phi) is 6.63. The highest BCUT2D eigenvalue weighted by Gasteiger charge is 2.24. The second kappa shape index (κ2) is 9.41. The lowest BCUT2D eigenvalue weighted by Crippen LogP contribution is -2.40. The number of ether oxygens (including phenoxy) is 1. The Bertz CT molecular complexity index is 956. The average Bonchev–Trinajstić information content (AvgIpc) is 2.93. The smallest absolute Gasteiger partial charge is 0.221 e. The Hall–Kier alpha value is -2.37. The van der Waals surface area contributed by atoms with Crippen LogP contribution >= 0.6 is 0 Å². The molecule has 0 saturated carbocycles. The van der Waals surface area contributed by atoms with Crippen LogP contribution in [0.25, 0.3) is 0 Å². The summed E-state index contributed by atoms with van der Waals surface area (Å²) < 4.78 is 6.07. The molecular formula is C26H35N3O2. The van der Waals surface area contributed by atoms with E-state index in [4.69, 9.17) is 10.5 Å². The number of carbonyl (C=O) groups is 1. The van der Waals surface area contributed by atoms with Gasteiger partial charge in [0.15, 0.2) is 0 Å². The van der Waals surface area contributed by atoms with Crippen LogP contribution in [0.15, 0.2) is 30.3 Å². The molecule has 0 bridgehead atoms. The van der Waals surface area contributed by atoms with Gasteiger partial charge in [0.1, 0.15) is 12.4 Å². The zero-order valence-corrected chi connectivity index (χ0v) is 19.1. The van der Waals surface area contributed by atoms with Crippen molar-refractivity contribution >= 4 is 5.91 Å². The van der Waals surface area contributed by atoms with Gasteiger partial charge in [-0.05, 0) is 80.1 Å². The van der Waals surface area contributed by atoms with Gasteiger partial charge in [0.05, 0.1) is 5.92 Å². The molecule has 2 aromatic carbocycles. The van der Waals surface area contributed by atoms with Crippen molar-refractivity contribution in [3.63, 3.8) is 0 Å². The maximum absolute atomic E-state index is 11.6. The van der Waals surface area contributed by atoms with Crippen LogP contribution in [0, 0.1) is 26.7 Å². The Morgan fingerprint density at radius 3 is 2.65 bits per heavy atom. The van der Waals surface area contributed by atoms with Crippen LogP contribution in [0.1, 0.15) is 46.2 Å². The normalized spacial score (nSPS) is 20.0. The number of aryl methyl sites for hydroxylation is 3. The zero-order valence-electron chi connectivity index (χ0n) is 19.1. The van der Waals surface area contributed by atoms with Crippen molar-refractivity contribution in [2.75, 3.05) is 26.2 Å². The third-order valence-electron chi connectivity index (χ3n) is 6.84. The van der Waals surface area contributed by atoms with E-state index < -0.39 is 0 Å². The summed E-state index contributed by atoms with van der Waals surface area (Å²) >= 11 is 0. The number of likely N-dealkylation sites (tertiary alicyclic amines) is 1. The molecule has 0 spiro atoms. The molecule has 0 radical (unpaired) electrons. The molecule has 4 rings (SSSR count). The Labute approximate surface area is 186 Å². The highest BCUT2D eigenvalue weighted by Crippen LogP contribution is 2.27. The van der Waals surface area contributed by atoms with Gasteiger partial charge in [0.25, 0.3) is 0 Å². The van der Waals surface area contributed by atoms with Gasteiger partial charge in [-0.1, -0.05) is 18.2 Å². The molecule has 1 unspecified atom stereocenters. The van der Waals surface area contributed by atoms with Crippen molar-refractivity contribution in [1.29, 1.82) is 0 Å². The number of carbonyl (C=O) groups excluding carboxylic acids is 1. The predicted octanol–water partition coefficient (Wildman–Crippen LogP) is 3.70. The van der Waals surface area contributed by atoms with Crippen LogP contribution in [0.3, 0.4) is 0 Å². The van der Waals surface area contributed by atoms with E-state index in [9.17, 15) is 4.79 Å². The maximum Gasteiger partial charge on any atom is 0.221 e. The molecule has 5 nitrogen and oxygen atoms in total. The molecule has 2 N–H and O–H groups in total. The molecule has 2 aromatic rings. The Morgan fingerprint density at radius 1 is 1.03 bits per heavy atom. The summed E-state index contributed by atoms with van der Waals surface area (Å²) in [6.45, 7) is 12.7. The largest absolute Gasteiger partial charge is 0.492 e. The summed E-state index contributed by atoms with van der Waals surface area (Å²) in [6, 6.07) is 11.2. The molecule has 2 aliphatic heterocycles. The minimum Gasteiger partial charge on any atom is -0.492 e. The van der Waals surface area contributed by atoms with Crippen LogP contribution in [0.2, 0.25) is 0 Å². The first-order valence-electron chi connectivity index (χ1n) is 11.4. The molecule has 1 fully saturated rings. The molecule has 2 aliphatic rings. The Morgan fingerprint density at radius 2 is 1.84 bits per heavy atom. The molecule has 0 aromatic heterocycles. The topological polar surface area (TPSA) is 58.8 Å². The van der Waals surface area contributed by atoms with E-state index in [0.717, 1.165) is 57.9 Å². The van der Waals surface area contributed by atoms with Gasteiger partial charge in [-0.3, -0.25) is 14.6 Å². The van der Waals surface area contributed by atoms with E-state index in [-0.39, 0.29) is 11.8 Å². The van der Waals surface area contributed by atoms with Crippen LogP contribution in [-0.2, 0) is 24.4 Å². The standard InChI is InChI=1S/C26H35N3O2/c1-18-11-20(3)23(12-19(18)2)16-29-9-10-31-25-7-6-21(13-24(25)17-29)14-28-8-4-5-22(15-28)26(27)30/h6-7,11-13,22H,4-5,8-10,14-17H2,1-3H3,(H2,27,30). The Balaban J connectivity index is 1.47. The van der Waals surface area contributed by atoms with Crippen molar-refractivity contribution in [3.8, 4) is 5.75 Å². The molecule has 2 heterocycles. The minimum atomic E-state index is -0.169. The maximum atomic E-state index is 11.6.